The molecule has 3 rings (SSSR count). The number of rotatable bonds is 4. The molecule has 0 saturated heterocycles. The van der Waals surface area contributed by atoms with Gasteiger partial charge in [-0.2, -0.15) is 5.10 Å². The number of aromatic nitrogens is 1. The van der Waals surface area contributed by atoms with Crippen molar-refractivity contribution in [2.45, 2.75) is 27.3 Å². The second kappa shape index (κ2) is 6.71. The van der Waals surface area contributed by atoms with Crippen molar-refractivity contribution in [3.63, 3.8) is 0 Å². The van der Waals surface area contributed by atoms with Crippen LogP contribution in [0.15, 0.2) is 53.6 Å². The van der Waals surface area contributed by atoms with Crippen LogP contribution in [0.1, 0.15) is 34.2 Å². The Morgan fingerprint density at radius 3 is 2.58 bits per heavy atom. The number of carbonyl (C=O) groups is 1. The molecular weight excluding hydrogens is 298 g/mol. The van der Waals surface area contributed by atoms with E-state index in [1.54, 1.807) is 6.21 Å². The number of amides is 1. The molecule has 0 radical (unpaired) electrons. The molecule has 0 atom stereocenters. The number of hydrogen-bond donors (Lipinski definition) is 1. The Morgan fingerprint density at radius 1 is 1.12 bits per heavy atom. The number of nitrogens with zero attached hydrogens (tertiary/aromatic N) is 2. The van der Waals surface area contributed by atoms with Gasteiger partial charge in [0, 0.05) is 29.1 Å². The van der Waals surface area contributed by atoms with E-state index in [1.807, 2.05) is 42.5 Å². The van der Waals surface area contributed by atoms with Crippen molar-refractivity contribution < 1.29 is 4.79 Å². The molecule has 2 aromatic carbocycles. The lowest BCUT2D eigenvalue weighted by atomic mass is 10.1. The number of aryl methyl sites for hydroxylation is 1. The molecule has 0 aliphatic rings. The van der Waals surface area contributed by atoms with Gasteiger partial charge in [-0.25, -0.2) is 5.43 Å². The van der Waals surface area contributed by atoms with Crippen LogP contribution in [0.25, 0.3) is 10.8 Å². The molecule has 4 heteroatoms. The zero-order valence-corrected chi connectivity index (χ0v) is 14.2. The van der Waals surface area contributed by atoms with Crippen LogP contribution in [0.4, 0.5) is 0 Å². The average Bonchev–Trinajstić information content (AvgIpc) is 2.87. The predicted octanol–water partition coefficient (Wildman–Crippen LogP) is 4.04. The van der Waals surface area contributed by atoms with Crippen molar-refractivity contribution in [1.29, 1.82) is 0 Å². The molecule has 122 valence electrons. The third-order valence-electron chi connectivity index (χ3n) is 4.31. The van der Waals surface area contributed by atoms with E-state index in [1.165, 1.54) is 5.69 Å². The van der Waals surface area contributed by atoms with Gasteiger partial charge in [-0.3, -0.25) is 4.79 Å². The van der Waals surface area contributed by atoms with Gasteiger partial charge in [0.25, 0.3) is 5.91 Å². The van der Waals surface area contributed by atoms with Crippen molar-refractivity contribution in [3.05, 3.63) is 71.0 Å². The van der Waals surface area contributed by atoms with Crippen molar-refractivity contribution in [3.8, 4) is 0 Å². The molecular formula is C20H21N3O. The lowest BCUT2D eigenvalue weighted by Gasteiger charge is -2.04. The van der Waals surface area contributed by atoms with Crippen LogP contribution in [-0.2, 0) is 6.54 Å². The van der Waals surface area contributed by atoms with Gasteiger partial charge in [0.15, 0.2) is 0 Å². The van der Waals surface area contributed by atoms with Crippen molar-refractivity contribution >= 4 is 22.9 Å². The molecule has 3 aromatic rings. The fraction of sp³-hybridized carbons (Fsp3) is 0.200. The number of fused-ring (bicyclic) bond motifs is 1. The summed E-state index contributed by atoms with van der Waals surface area (Å²) in [5, 5.41) is 6.27. The maximum atomic E-state index is 12.3. The predicted molar refractivity (Wildman–Crippen MR) is 98.6 cm³/mol. The van der Waals surface area contributed by atoms with Gasteiger partial charge in [-0.15, -0.1) is 0 Å². The summed E-state index contributed by atoms with van der Waals surface area (Å²) in [6.07, 6.45) is 1.70. The molecule has 1 aromatic heterocycles. The Hall–Kier alpha value is -2.88. The molecule has 1 heterocycles. The molecule has 4 nitrogen and oxygen atoms in total. The summed E-state index contributed by atoms with van der Waals surface area (Å²) in [5.74, 6) is -0.207. The van der Waals surface area contributed by atoms with Crippen LogP contribution in [0.3, 0.4) is 0 Å². The van der Waals surface area contributed by atoms with E-state index < -0.39 is 0 Å². The highest BCUT2D eigenvalue weighted by atomic mass is 16.2. The average molecular weight is 319 g/mol. The number of carbonyl (C=O) groups excluding carboxylic acids is 1. The summed E-state index contributed by atoms with van der Waals surface area (Å²) < 4.78 is 2.21. The fourth-order valence-corrected chi connectivity index (χ4v) is 3.00. The quantitative estimate of drug-likeness (QED) is 0.572. The number of hydrazone groups is 1. The highest BCUT2D eigenvalue weighted by Crippen LogP contribution is 2.16. The highest BCUT2D eigenvalue weighted by molar-refractivity contribution is 5.99. The van der Waals surface area contributed by atoms with Crippen molar-refractivity contribution in [2.24, 2.45) is 5.10 Å². The Bertz CT molecular complexity index is 922. The van der Waals surface area contributed by atoms with Gasteiger partial charge >= 0.3 is 0 Å². The molecule has 0 fully saturated rings. The Labute approximate surface area is 141 Å². The molecule has 0 saturated carbocycles. The summed E-state index contributed by atoms with van der Waals surface area (Å²) in [4.78, 5) is 12.3. The first-order valence-corrected chi connectivity index (χ1v) is 8.09. The van der Waals surface area contributed by atoms with Gasteiger partial charge in [0.1, 0.15) is 0 Å². The van der Waals surface area contributed by atoms with E-state index in [2.05, 4.69) is 41.9 Å². The molecule has 0 unspecified atom stereocenters. The molecule has 1 amide bonds. The summed E-state index contributed by atoms with van der Waals surface area (Å²) in [6.45, 7) is 7.17. The molecule has 0 bridgehead atoms. The van der Waals surface area contributed by atoms with Crippen LogP contribution in [0.5, 0.6) is 0 Å². The molecule has 0 spiro atoms. The SMILES string of the molecule is CCn1c(C)cc(/C=N\NC(=O)c2ccc3ccccc3c2)c1C. The second-order valence-electron chi connectivity index (χ2n) is 5.83. The number of benzene rings is 2. The Kier molecular flexibility index (Phi) is 4.47. The van der Waals surface area contributed by atoms with Gasteiger partial charge in [-0.1, -0.05) is 30.3 Å². The lowest BCUT2D eigenvalue weighted by Crippen LogP contribution is -2.17. The van der Waals surface area contributed by atoms with Crippen LogP contribution in [0.2, 0.25) is 0 Å². The highest BCUT2D eigenvalue weighted by Gasteiger charge is 2.07. The fourth-order valence-electron chi connectivity index (χ4n) is 3.00. The normalized spacial score (nSPS) is 11.3. The summed E-state index contributed by atoms with van der Waals surface area (Å²) in [7, 11) is 0. The first kappa shape index (κ1) is 16.0. The number of hydrogen-bond acceptors (Lipinski definition) is 2. The first-order chi connectivity index (χ1) is 11.6. The topological polar surface area (TPSA) is 46.4 Å². The largest absolute Gasteiger partial charge is 0.349 e. The van der Waals surface area contributed by atoms with Crippen LogP contribution in [-0.4, -0.2) is 16.7 Å². The van der Waals surface area contributed by atoms with E-state index in [-0.39, 0.29) is 5.91 Å². The second-order valence-corrected chi connectivity index (χ2v) is 5.83. The number of nitrogens with one attached hydrogen (secondary N) is 1. The molecule has 0 aliphatic heterocycles. The minimum absolute atomic E-state index is 0.207. The molecule has 24 heavy (non-hydrogen) atoms. The smallest absolute Gasteiger partial charge is 0.271 e. The Balaban J connectivity index is 1.74. The third kappa shape index (κ3) is 3.08. The zero-order chi connectivity index (χ0) is 17.1. The minimum Gasteiger partial charge on any atom is -0.349 e. The summed E-state index contributed by atoms with van der Waals surface area (Å²) in [6, 6.07) is 15.7. The third-order valence-corrected chi connectivity index (χ3v) is 4.31. The van der Waals surface area contributed by atoms with Gasteiger partial charge < -0.3 is 4.57 Å². The van der Waals surface area contributed by atoms with E-state index in [4.69, 9.17) is 0 Å². The minimum atomic E-state index is -0.207. The summed E-state index contributed by atoms with van der Waals surface area (Å²) in [5.41, 5.74) is 6.57. The molecule has 0 aliphatic carbocycles. The van der Waals surface area contributed by atoms with Gasteiger partial charge in [0.2, 0.25) is 0 Å². The van der Waals surface area contributed by atoms with Crippen LogP contribution in [0, 0.1) is 13.8 Å². The van der Waals surface area contributed by atoms with Crippen molar-refractivity contribution in [2.75, 3.05) is 0 Å². The van der Waals surface area contributed by atoms with Crippen molar-refractivity contribution in [1.82, 2.24) is 9.99 Å². The van der Waals surface area contributed by atoms with Gasteiger partial charge in [0.05, 0.1) is 6.21 Å². The maximum absolute atomic E-state index is 12.3. The molecule has 1 N–H and O–H groups in total. The van der Waals surface area contributed by atoms with E-state index >= 15 is 0 Å². The zero-order valence-electron chi connectivity index (χ0n) is 14.2. The monoisotopic (exact) mass is 319 g/mol. The lowest BCUT2D eigenvalue weighted by molar-refractivity contribution is 0.0955. The van der Waals surface area contributed by atoms with E-state index in [0.717, 1.165) is 28.6 Å². The Morgan fingerprint density at radius 2 is 1.88 bits per heavy atom. The maximum Gasteiger partial charge on any atom is 0.271 e. The van der Waals surface area contributed by atoms with Gasteiger partial charge in [-0.05, 0) is 49.7 Å². The standard InChI is InChI=1S/C20H21N3O/c1-4-23-14(2)11-19(15(23)3)13-21-22-20(24)18-10-9-16-7-5-6-8-17(16)12-18/h5-13H,4H2,1-3H3,(H,22,24)/b21-13-. The van der Waals surface area contributed by atoms with E-state index in [9.17, 15) is 4.79 Å². The van der Waals surface area contributed by atoms with Crippen LogP contribution < -0.4 is 5.43 Å². The van der Waals surface area contributed by atoms with E-state index in [0.29, 0.717) is 5.56 Å². The van der Waals surface area contributed by atoms with Crippen LogP contribution >= 0.6 is 0 Å². The summed E-state index contributed by atoms with van der Waals surface area (Å²) >= 11 is 0. The first-order valence-electron chi connectivity index (χ1n) is 8.09.